The first-order chi connectivity index (χ1) is 12.5. The summed E-state index contributed by atoms with van der Waals surface area (Å²) in [5.41, 5.74) is 0.508. The van der Waals surface area contributed by atoms with Crippen LogP contribution in [-0.4, -0.2) is 30.7 Å². The van der Waals surface area contributed by atoms with E-state index in [9.17, 15) is 14.9 Å². The van der Waals surface area contributed by atoms with E-state index >= 15 is 0 Å². The third kappa shape index (κ3) is 5.37. The van der Waals surface area contributed by atoms with Gasteiger partial charge in [0.05, 0.1) is 18.1 Å². The molecule has 0 aliphatic rings. The van der Waals surface area contributed by atoms with Gasteiger partial charge in [-0.25, -0.2) is 0 Å². The standard InChI is InChI=1S/C18H20N2O6/c1-3-24-16-10-5-13(11-17(16)25-4-2)19-18(21)12-26-15-8-6-14(7-9-15)20(22)23/h5-11H,3-4,12H2,1-2H3,(H,19,21). The monoisotopic (exact) mass is 360 g/mol. The number of ether oxygens (including phenoxy) is 3. The van der Waals surface area contributed by atoms with Crippen LogP contribution in [0.4, 0.5) is 11.4 Å². The molecule has 0 saturated carbocycles. The molecular formula is C18H20N2O6. The Morgan fingerprint density at radius 1 is 1.00 bits per heavy atom. The predicted molar refractivity (Wildman–Crippen MR) is 96.0 cm³/mol. The highest BCUT2D eigenvalue weighted by Crippen LogP contribution is 2.30. The van der Waals surface area contributed by atoms with Crippen molar-refractivity contribution in [3.8, 4) is 17.2 Å². The number of carbonyl (C=O) groups is 1. The second kappa shape index (κ2) is 9.26. The predicted octanol–water partition coefficient (Wildman–Crippen LogP) is 3.41. The zero-order valence-electron chi connectivity index (χ0n) is 14.6. The molecule has 0 saturated heterocycles. The van der Waals surface area contributed by atoms with Crippen LogP contribution in [0, 0.1) is 10.1 Å². The Hall–Kier alpha value is -3.29. The second-order valence-electron chi connectivity index (χ2n) is 5.12. The molecule has 138 valence electrons. The molecule has 2 aromatic carbocycles. The Kier molecular flexibility index (Phi) is 6.78. The van der Waals surface area contributed by atoms with Gasteiger partial charge in [-0.1, -0.05) is 0 Å². The van der Waals surface area contributed by atoms with Crippen molar-refractivity contribution < 1.29 is 23.9 Å². The van der Waals surface area contributed by atoms with Gasteiger partial charge in [-0.2, -0.15) is 0 Å². The topological polar surface area (TPSA) is 99.9 Å². The molecule has 1 amide bonds. The molecule has 0 spiro atoms. The molecule has 0 heterocycles. The maximum atomic E-state index is 12.0. The van der Waals surface area contributed by atoms with Gasteiger partial charge in [-0.05, 0) is 38.1 Å². The highest BCUT2D eigenvalue weighted by Gasteiger charge is 2.10. The Labute approximate surface area is 150 Å². The van der Waals surface area contributed by atoms with Crippen LogP contribution in [0.2, 0.25) is 0 Å². The number of non-ortho nitro benzene ring substituents is 1. The number of amides is 1. The third-order valence-corrected chi connectivity index (χ3v) is 3.24. The first-order valence-electron chi connectivity index (χ1n) is 8.10. The molecule has 0 radical (unpaired) electrons. The van der Waals surface area contributed by atoms with Gasteiger partial charge in [0.15, 0.2) is 18.1 Å². The molecule has 0 aliphatic heterocycles. The molecular weight excluding hydrogens is 340 g/mol. The quantitative estimate of drug-likeness (QED) is 0.543. The lowest BCUT2D eigenvalue weighted by molar-refractivity contribution is -0.384. The average molecular weight is 360 g/mol. The molecule has 0 aliphatic carbocycles. The van der Waals surface area contributed by atoms with Crippen molar-refractivity contribution in [2.45, 2.75) is 13.8 Å². The molecule has 0 atom stereocenters. The van der Waals surface area contributed by atoms with E-state index in [1.165, 1.54) is 24.3 Å². The molecule has 0 aromatic heterocycles. The van der Waals surface area contributed by atoms with E-state index in [1.807, 2.05) is 13.8 Å². The van der Waals surface area contributed by atoms with Gasteiger partial charge in [-0.15, -0.1) is 0 Å². The molecule has 26 heavy (non-hydrogen) atoms. The fourth-order valence-electron chi connectivity index (χ4n) is 2.14. The van der Waals surface area contributed by atoms with Gasteiger partial charge in [0, 0.05) is 23.9 Å². The minimum Gasteiger partial charge on any atom is -0.490 e. The number of nitrogens with one attached hydrogen (secondary N) is 1. The Morgan fingerprint density at radius 3 is 2.27 bits per heavy atom. The molecule has 0 fully saturated rings. The largest absolute Gasteiger partial charge is 0.490 e. The van der Waals surface area contributed by atoms with Crippen LogP contribution in [0.5, 0.6) is 17.2 Å². The normalized spacial score (nSPS) is 10.1. The minimum atomic E-state index is -0.502. The van der Waals surface area contributed by atoms with E-state index < -0.39 is 4.92 Å². The molecule has 2 rings (SSSR count). The van der Waals surface area contributed by atoms with Crippen LogP contribution >= 0.6 is 0 Å². The van der Waals surface area contributed by atoms with Gasteiger partial charge < -0.3 is 19.5 Å². The van der Waals surface area contributed by atoms with E-state index in [2.05, 4.69) is 5.32 Å². The van der Waals surface area contributed by atoms with Crippen molar-refractivity contribution in [2.24, 2.45) is 0 Å². The lowest BCUT2D eigenvalue weighted by Crippen LogP contribution is -2.20. The number of carbonyl (C=O) groups excluding carboxylic acids is 1. The Balaban J connectivity index is 1.94. The van der Waals surface area contributed by atoms with Crippen molar-refractivity contribution in [3.63, 3.8) is 0 Å². The van der Waals surface area contributed by atoms with E-state index in [-0.39, 0.29) is 18.2 Å². The summed E-state index contributed by atoms with van der Waals surface area (Å²) in [5, 5.41) is 13.3. The van der Waals surface area contributed by atoms with Crippen molar-refractivity contribution in [3.05, 3.63) is 52.6 Å². The zero-order chi connectivity index (χ0) is 18.9. The average Bonchev–Trinajstić information content (AvgIpc) is 2.63. The first kappa shape index (κ1) is 19.0. The molecule has 8 heteroatoms. The van der Waals surface area contributed by atoms with E-state index in [0.29, 0.717) is 36.1 Å². The zero-order valence-corrected chi connectivity index (χ0v) is 14.6. The smallest absolute Gasteiger partial charge is 0.269 e. The number of nitro groups is 1. The van der Waals surface area contributed by atoms with E-state index in [1.54, 1.807) is 18.2 Å². The first-order valence-corrected chi connectivity index (χ1v) is 8.10. The SMILES string of the molecule is CCOc1ccc(NC(=O)COc2ccc([N+](=O)[O-])cc2)cc1OCC. The third-order valence-electron chi connectivity index (χ3n) is 3.24. The maximum absolute atomic E-state index is 12.0. The lowest BCUT2D eigenvalue weighted by Gasteiger charge is -2.13. The summed E-state index contributed by atoms with van der Waals surface area (Å²) in [5.74, 6) is 1.15. The van der Waals surface area contributed by atoms with Crippen LogP contribution in [0.25, 0.3) is 0 Å². The van der Waals surface area contributed by atoms with Crippen LogP contribution in [-0.2, 0) is 4.79 Å². The van der Waals surface area contributed by atoms with Crippen LogP contribution < -0.4 is 19.5 Å². The van der Waals surface area contributed by atoms with Gasteiger partial charge in [0.2, 0.25) is 0 Å². The van der Waals surface area contributed by atoms with Gasteiger partial charge in [-0.3, -0.25) is 14.9 Å². The number of nitro benzene ring substituents is 1. The number of hydrogen-bond acceptors (Lipinski definition) is 6. The molecule has 0 bridgehead atoms. The summed E-state index contributed by atoms with van der Waals surface area (Å²) in [6.45, 7) is 4.49. The van der Waals surface area contributed by atoms with E-state index in [0.717, 1.165) is 0 Å². The minimum absolute atomic E-state index is 0.0420. The fourth-order valence-corrected chi connectivity index (χ4v) is 2.14. The van der Waals surface area contributed by atoms with Gasteiger partial charge in [0.1, 0.15) is 5.75 Å². The van der Waals surface area contributed by atoms with Crippen LogP contribution in [0.1, 0.15) is 13.8 Å². The van der Waals surface area contributed by atoms with Crippen molar-refractivity contribution in [1.82, 2.24) is 0 Å². The summed E-state index contributed by atoms with van der Waals surface area (Å²) >= 11 is 0. The lowest BCUT2D eigenvalue weighted by atomic mass is 10.2. The van der Waals surface area contributed by atoms with Crippen molar-refractivity contribution in [2.75, 3.05) is 25.1 Å². The number of anilines is 1. The number of nitrogens with zero attached hydrogens (tertiary/aromatic N) is 1. The summed E-state index contributed by atoms with van der Waals surface area (Å²) in [6.07, 6.45) is 0. The molecule has 8 nitrogen and oxygen atoms in total. The van der Waals surface area contributed by atoms with Gasteiger partial charge >= 0.3 is 0 Å². The Morgan fingerprint density at radius 2 is 1.65 bits per heavy atom. The second-order valence-corrected chi connectivity index (χ2v) is 5.12. The summed E-state index contributed by atoms with van der Waals surface area (Å²) in [6, 6.07) is 10.6. The number of rotatable bonds is 9. The molecule has 0 unspecified atom stereocenters. The Bertz CT molecular complexity index is 761. The summed E-state index contributed by atoms with van der Waals surface area (Å²) in [7, 11) is 0. The van der Waals surface area contributed by atoms with Crippen molar-refractivity contribution in [1.29, 1.82) is 0 Å². The highest BCUT2D eigenvalue weighted by atomic mass is 16.6. The van der Waals surface area contributed by atoms with Crippen LogP contribution in [0.3, 0.4) is 0 Å². The van der Waals surface area contributed by atoms with Crippen molar-refractivity contribution >= 4 is 17.3 Å². The van der Waals surface area contributed by atoms with Crippen LogP contribution in [0.15, 0.2) is 42.5 Å². The fraction of sp³-hybridized carbons (Fsp3) is 0.278. The summed E-state index contributed by atoms with van der Waals surface area (Å²) in [4.78, 5) is 22.1. The molecule has 2 aromatic rings. The number of benzene rings is 2. The maximum Gasteiger partial charge on any atom is 0.269 e. The number of hydrogen-bond donors (Lipinski definition) is 1. The summed E-state index contributed by atoms with van der Waals surface area (Å²) < 4.78 is 16.3. The highest BCUT2D eigenvalue weighted by molar-refractivity contribution is 5.92. The van der Waals surface area contributed by atoms with Gasteiger partial charge in [0.25, 0.3) is 11.6 Å². The van der Waals surface area contributed by atoms with E-state index in [4.69, 9.17) is 14.2 Å². The molecule has 1 N–H and O–H groups in total.